The molecule has 1 atom stereocenters. The molecule has 5 heteroatoms. The molecule has 0 aliphatic carbocycles. The van der Waals surface area contributed by atoms with Crippen LogP contribution < -0.4 is 5.73 Å². The number of carbonyl (C=O) groups excluding carboxylic acids is 1. The summed E-state index contributed by atoms with van der Waals surface area (Å²) in [5.74, 6) is 0.189. The number of hydrogen-bond donors (Lipinski definition) is 1. The molecule has 1 unspecified atom stereocenters. The van der Waals surface area contributed by atoms with E-state index in [0.29, 0.717) is 11.4 Å². The van der Waals surface area contributed by atoms with Crippen LogP contribution in [0.3, 0.4) is 0 Å². The summed E-state index contributed by atoms with van der Waals surface area (Å²) in [7, 11) is 3.59. The first-order chi connectivity index (χ1) is 8.02. The Hall–Kier alpha value is -0.680. The fourth-order valence-corrected chi connectivity index (χ4v) is 2.50. The lowest BCUT2D eigenvalue weighted by Crippen LogP contribution is -2.47. The molecular weight excluding hydrogens is 234 g/mol. The molecule has 0 aromatic heterocycles. The van der Waals surface area contributed by atoms with Crippen molar-refractivity contribution in [3.05, 3.63) is 0 Å². The lowest BCUT2D eigenvalue weighted by atomic mass is 10.0. The number of nitrogens with zero attached hydrogens (tertiary/aromatic N) is 2. The number of amides is 1. The van der Waals surface area contributed by atoms with Gasteiger partial charge in [-0.1, -0.05) is 18.6 Å². The van der Waals surface area contributed by atoms with Crippen LogP contribution in [0.25, 0.3) is 0 Å². The van der Waals surface area contributed by atoms with Crippen molar-refractivity contribution in [2.75, 3.05) is 27.2 Å². The van der Waals surface area contributed by atoms with E-state index in [4.69, 9.17) is 18.0 Å². The summed E-state index contributed by atoms with van der Waals surface area (Å²) >= 11 is 5.10. The van der Waals surface area contributed by atoms with Crippen molar-refractivity contribution in [1.82, 2.24) is 9.80 Å². The normalized spacial score (nSPS) is 21.2. The quantitative estimate of drug-likeness (QED) is 0.746. The maximum absolute atomic E-state index is 11.5. The van der Waals surface area contributed by atoms with Crippen LogP contribution in [0.2, 0.25) is 0 Å². The minimum absolute atomic E-state index is 0.189. The van der Waals surface area contributed by atoms with Crippen LogP contribution in [0, 0.1) is 0 Å². The SMILES string of the molecule is CN(C)C(=O)CCCN1CCCCC1C(N)=S. The minimum atomic E-state index is 0.189. The van der Waals surface area contributed by atoms with Crippen LogP contribution in [-0.2, 0) is 4.79 Å². The lowest BCUT2D eigenvalue weighted by molar-refractivity contribution is -0.128. The Bertz CT molecular complexity index is 281. The van der Waals surface area contributed by atoms with E-state index in [2.05, 4.69) is 4.90 Å². The average Bonchev–Trinajstić information content (AvgIpc) is 2.29. The smallest absolute Gasteiger partial charge is 0.222 e. The van der Waals surface area contributed by atoms with Gasteiger partial charge >= 0.3 is 0 Å². The summed E-state index contributed by atoms with van der Waals surface area (Å²) in [6.07, 6.45) is 4.97. The highest BCUT2D eigenvalue weighted by atomic mass is 32.1. The third-order valence-electron chi connectivity index (χ3n) is 3.28. The molecule has 1 heterocycles. The summed E-state index contributed by atoms with van der Waals surface area (Å²) in [6, 6.07) is 0.244. The fraction of sp³-hybridized carbons (Fsp3) is 0.833. The highest BCUT2D eigenvalue weighted by molar-refractivity contribution is 7.80. The fourth-order valence-electron chi connectivity index (χ4n) is 2.24. The standard InChI is InChI=1S/C12H23N3OS/c1-14(2)11(16)7-5-9-15-8-4-3-6-10(15)12(13)17/h10H,3-9H2,1-2H3,(H2,13,17). The van der Waals surface area contributed by atoms with E-state index in [1.165, 1.54) is 12.8 Å². The van der Waals surface area contributed by atoms with Crippen molar-refractivity contribution >= 4 is 23.1 Å². The van der Waals surface area contributed by atoms with Crippen LogP contribution in [-0.4, -0.2) is 53.9 Å². The van der Waals surface area contributed by atoms with E-state index in [9.17, 15) is 4.79 Å². The second-order valence-electron chi connectivity index (χ2n) is 4.84. The number of piperidine rings is 1. The second kappa shape index (κ2) is 6.91. The summed E-state index contributed by atoms with van der Waals surface area (Å²) in [5.41, 5.74) is 5.75. The van der Waals surface area contributed by atoms with Gasteiger partial charge in [-0.15, -0.1) is 0 Å². The van der Waals surface area contributed by atoms with Crippen molar-refractivity contribution < 1.29 is 4.79 Å². The molecule has 98 valence electrons. The third kappa shape index (κ3) is 4.60. The highest BCUT2D eigenvalue weighted by Crippen LogP contribution is 2.17. The van der Waals surface area contributed by atoms with Gasteiger partial charge in [0.25, 0.3) is 0 Å². The van der Waals surface area contributed by atoms with E-state index in [1.54, 1.807) is 19.0 Å². The molecule has 0 saturated carbocycles. The van der Waals surface area contributed by atoms with Crippen molar-refractivity contribution in [2.45, 2.75) is 38.1 Å². The van der Waals surface area contributed by atoms with Gasteiger partial charge in [0.2, 0.25) is 5.91 Å². The maximum Gasteiger partial charge on any atom is 0.222 e. The van der Waals surface area contributed by atoms with Crippen LogP contribution in [0.1, 0.15) is 32.1 Å². The molecule has 0 aromatic carbocycles. The number of thiocarbonyl (C=S) groups is 1. The van der Waals surface area contributed by atoms with E-state index in [-0.39, 0.29) is 11.9 Å². The van der Waals surface area contributed by atoms with E-state index in [1.807, 2.05) is 0 Å². The first kappa shape index (κ1) is 14.4. The van der Waals surface area contributed by atoms with Crippen LogP contribution in [0.4, 0.5) is 0 Å². The first-order valence-electron chi connectivity index (χ1n) is 6.26. The Morgan fingerprint density at radius 3 is 2.76 bits per heavy atom. The summed E-state index contributed by atoms with van der Waals surface area (Å²) in [6.45, 7) is 1.97. The first-order valence-corrected chi connectivity index (χ1v) is 6.66. The third-order valence-corrected chi connectivity index (χ3v) is 3.55. The molecule has 1 aliphatic heterocycles. The molecule has 1 fully saturated rings. The Labute approximate surface area is 109 Å². The summed E-state index contributed by atoms with van der Waals surface area (Å²) in [5, 5.41) is 0. The van der Waals surface area contributed by atoms with Gasteiger partial charge in [-0.25, -0.2) is 0 Å². The monoisotopic (exact) mass is 257 g/mol. The molecule has 0 radical (unpaired) electrons. The van der Waals surface area contributed by atoms with Gasteiger partial charge in [-0.2, -0.15) is 0 Å². The predicted octanol–water partition coefficient (Wildman–Crippen LogP) is 0.995. The summed E-state index contributed by atoms with van der Waals surface area (Å²) < 4.78 is 0. The number of nitrogens with two attached hydrogens (primary N) is 1. The molecular formula is C12H23N3OS. The van der Waals surface area contributed by atoms with E-state index >= 15 is 0 Å². The Kier molecular flexibility index (Phi) is 5.85. The van der Waals surface area contributed by atoms with Crippen molar-refractivity contribution in [1.29, 1.82) is 0 Å². The molecule has 4 nitrogen and oxygen atoms in total. The van der Waals surface area contributed by atoms with Gasteiger partial charge in [-0.05, 0) is 32.4 Å². The zero-order chi connectivity index (χ0) is 12.8. The number of likely N-dealkylation sites (tertiary alicyclic amines) is 1. The van der Waals surface area contributed by atoms with Crippen LogP contribution in [0.15, 0.2) is 0 Å². The minimum Gasteiger partial charge on any atom is -0.392 e. The van der Waals surface area contributed by atoms with Gasteiger partial charge in [0.05, 0.1) is 11.0 Å². The number of hydrogen-bond acceptors (Lipinski definition) is 3. The zero-order valence-corrected chi connectivity index (χ0v) is 11.6. The summed E-state index contributed by atoms with van der Waals surface area (Å²) in [4.78, 5) is 16.0. The van der Waals surface area contributed by atoms with Crippen molar-refractivity contribution in [3.63, 3.8) is 0 Å². The molecule has 1 saturated heterocycles. The molecule has 1 aliphatic rings. The molecule has 0 spiro atoms. The zero-order valence-electron chi connectivity index (χ0n) is 10.8. The van der Waals surface area contributed by atoms with Crippen LogP contribution in [0.5, 0.6) is 0 Å². The number of rotatable bonds is 5. The van der Waals surface area contributed by atoms with E-state index in [0.717, 1.165) is 25.9 Å². The van der Waals surface area contributed by atoms with Crippen LogP contribution >= 0.6 is 12.2 Å². The largest absolute Gasteiger partial charge is 0.392 e. The number of carbonyl (C=O) groups is 1. The van der Waals surface area contributed by atoms with Gasteiger partial charge in [0.15, 0.2) is 0 Å². The Balaban J connectivity index is 2.33. The lowest BCUT2D eigenvalue weighted by Gasteiger charge is -2.34. The molecule has 1 amide bonds. The van der Waals surface area contributed by atoms with Crippen molar-refractivity contribution in [2.24, 2.45) is 5.73 Å². The molecule has 0 aromatic rings. The molecule has 0 bridgehead atoms. The van der Waals surface area contributed by atoms with Gasteiger partial charge in [0.1, 0.15) is 0 Å². The maximum atomic E-state index is 11.5. The Morgan fingerprint density at radius 2 is 2.18 bits per heavy atom. The molecule has 2 N–H and O–H groups in total. The average molecular weight is 257 g/mol. The Morgan fingerprint density at radius 1 is 1.47 bits per heavy atom. The molecule has 17 heavy (non-hydrogen) atoms. The topological polar surface area (TPSA) is 49.6 Å². The van der Waals surface area contributed by atoms with Gasteiger partial charge < -0.3 is 10.6 Å². The predicted molar refractivity (Wildman–Crippen MR) is 73.9 cm³/mol. The van der Waals surface area contributed by atoms with Gasteiger partial charge in [-0.3, -0.25) is 9.69 Å². The van der Waals surface area contributed by atoms with Gasteiger partial charge in [0, 0.05) is 20.5 Å². The van der Waals surface area contributed by atoms with Crippen molar-refractivity contribution in [3.8, 4) is 0 Å². The molecule has 1 rings (SSSR count). The van der Waals surface area contributed by atoms with E-state index < -0.39 is 0 Å². The second-order valence-corrected chi connectivity index (χ2v) is 5.31. The highest BCUT2D eigenvalue weighted by Gasteiger charge is 2.24.